The number of benzene rings is 5. The summed E-state index contributed by atoms with van der Waals surface area (Å²) in [7, 11) is 0. The van der Waals surface area contributed by atoms with Crippen molar-refractivity contribution >= 4 is 95.9 Å². The first-order valence-corrected chi connectivity index (χ1v) is 12.8. The second-order valence-corrected chi connectivity index (χ2v) is 10.9. The Labute approximate surface area is 190 Å². The fourth-order valence-corrected chi connectivity index (χ4v) is 8.17. The average molecular weight is 449 g/mol. The fourth-order valence-electron chi connectivity index (χ4n) is 4.80. The molecule has 0 aliphatic rings. The van der Waals surface area contributed by atoms with Crippen LogP contribution in [0.2, 0.25) is 0 Å². The topological polar surface area (TPSA) is 0 Å². The van der Waals surface area contributed by atoms with E-state index in [-0.39, 0.29) is 0 Å². The van der Waals surface area contributed by atoms with Crippen LogP contribution in [0.3, 0.4) is 0 Å². The molecular formula is C28H16S3. The van der Waals surface area contributed by atoms with Gasteiger partial charge >= 0.3 is 0 Å². The Bertz CT molecular complexity index is 1630. The normalized spacial score (nSPS) is 11.9. The van der Waals surface area contributed by atoms with E-state index in [1.54, 1.807) is 0 Å². The van der Waals surface area contributed by atoms with Gasteiger partial charge in [-0.25, -0.2) is 0 Å². The summed E-state index contributed by atoms with van der Waals surface area (Å²) >= 11 is 5.59. The molecule has 8 rings (SSSR count). The molecule has 8 aromatic rings. The standard InChI is InChI=1S/C20H12.C8H4S3/c1-5-13-6-2-11-17-18-12-4-8-14-7-3-10-16(20(14)18)15(9-1)19(13)17;1-3-10-8-5(1)7-6(11-8)2-4-9-7/h1-12H;1-4H. The molecule has 3 heteroatoms. The monoisotopic (exact) mass is 448 g/mol. The minimum Gasteiger partial charge on any atom is -0.142 e. The zero-order chi connectivity index (χ0) is 20.4. The second-order valence-electron chi connectivity index (χ2n) is 7.76. The van der Waals surface area contributed by atoms with E-state index >= 15 is 0 Å². The summed E-state index contributed by atoms with van der Waals surface area (Å²) in [6, 6.07) is 30.9. The molecule has 0 saturated carbocycles. The van der Waals surface area contributed by atoms with Crippen LogP contribution in [-0.4, -0.2) is 0 Å². The van der Waals surface area contributed by atoms with Crippen LogP contribution >= 0.6 is 34.0 Å². The van der Waals surface area contributed by atoms with Gasteiger partial charge in [-0.2, -0.15) is 0 Å². The first-order chi connectivity index (χ1) is 15.4. The van der Waals surface area contributed by atoms with Gasteiger partial charge in [0.1, 0.15) is 0 Å². The van der Waals surface area contributed by atoms with Crippen LogP contribution in [0.4, 0.5) is 0 Å². The van der Waals surface area contributed by atoms with Crippen LogP contribution in [0, 0.1) is 0 Å². The highest BCUT2D eigenvalue weighted by atomic mass is 32.2. The average Bonchev–Trinajstić information content (AvgIpc) is 3.52. The van der Waals surface area contributed by atoms with Crippen molar-refractivity contribution in [3.05, 3.63) is 95.7 Å². The number of fused-ring (bicyclic) bond motifs is 5. The second kappa shape index (κ2) is 6.76. The van der Waals surface area contributed by atoms with E-state index < -0.39 is 0 Å². The molecular weight excluding hydrogens is 433 g/mol. The molecule has 0 aliphatic carbocycles. The van der Waals surface area contributed by atoms with Gasteiger partial charge in [0.25, 0.3) is 0 Å². The lowest BCUT2D eigenvalue weighted by Crippen LogP contribution is -1.85. The molecule has 3 aromatic heterocycles. The van der Waals surface area contributed by atoms with Crippen molar-refractivity contribution in [3.8, 4) is 0 Å². The summed E-state index contributed by atoms with van der Waals surface area (Å²) in [6.07, 6.45) is 0. The lowest BCUT2D eigenvalue weighted by Gasteiger charge is -2.13. The summed E-state index contributed by atoms with van der Waals surface area (Å²) in [4.78, 5) is 0. The molecule has 0 saturated heterocycles. The third-order valence-corrected chi connectivity index (χ3v) is 9.38. The predicted molar refractivity (Wildman–Crippen MR) is 143 cm³/mol. The molecule has 5 aromatic carbocycles. The number of hydrogen-bond acceptors (Lipinski definition) is 3. The van der Waals surface area contributed by atoms with Crippen molar-refractivity contribution in [2.75, 3.05) is 0 Å². The molecule has 0 unspecified atom stereocenters. The third-order valence-electron chi connectivity index (χ3n) is 6.10. The zero-order valence-electron chi connectivity index (χ0n) is 16.5. The van der Waals surface area contributed by atoms with Crippen molar-refractivity contribution in [1.82, 2.24) is 0 Å². The molecule has 0 amide bonds. The van der Waals surface area contributed by atoms with Gasteiger partial charge in [-0.1, -0.05) is 72.8 Å². The van der Waals surface area contributed by atoms with Gasteiger partial charge in [0, 0.05) is 10.1 Å². The fraction of sp³-hybridized carbons (Fsp3) is 0. The van der Waals surface area contributed by atoms with Gasteiger partial charge in [-0.15, -0.1) is 34.0 Å². The lowest BCUT2D eigenvalue weighted by molar-refractivity contribution is 1.78. The van der Waals surface area contributed by atoms with Crippen molar-refractivity contribution in [2.45, 2.75) is 0 Å². The summed E-state index contributed by atoms with van der Waals surface area (Å²) in [5.41, 5.74) is 0. The largest absolute Gasteiger partial charge is 0.142 e. The highest BCUT2D eigenvalue weighted by molar-refractivity contribution is 7.43. The maximum Gasteiger partial charge on any atom is 0.0885 e. The quantitative estimate of drug-likeness (QED) is 0.160. The lowest BCUT2D eigenvalue weighted by atomic mass is 9.90. The van der Waals surface area contributed by atoms with Crippen LogP contribution in [-0.2, 0) is 0 Å². The van der Waals surface area contributed by atoms with Crippen LogP contribution < -0.4 is 0 Å². The van der Waals surface area contributed by atoms with Gasteiger partial charge in [0.15, 0.2) is 0 Å². The molecule has 0 atom stereocenters. The van der Waals surface area contributed by atoms with Gasteiger partial charge in [0.2, 0.25) is 0 Å². The van der Waals surface area contributed by atoms with Crippen LogP contribution in [0.15, 0.2) is 95.7 Å². The van der Waals surface area contributed by atoms with E-state index in [0.717, 1.165) is 0 Å². The van der Waals surface area contributed by atoms with Gasteiger partial charge in [0.05, 0.1) is 8.71 Å². The van der Waals surface area contributed by atoms with Crippen LogP contribution in [0.25, 0.3) is 61.9 Å². The number of thiophene rings is 3. The first-order valence-electron chi connectivity index (χ1n) is 10.3. The summed E-state index contributed by atoms with van der Waals surface area (Å²) in [5, 5.41) is 16.7. The van der Waals surface area contributed by atoms with Gasteiger partial charge in [-0.3, -0.25) is 0 Å². The Morgan fingerprint density at radius 1 is 0.452 bits per heavy atom. The van der Waals surface area contributed by atoms with Crippen molar-refractivity contribution in [2.24, 2.45) is 0 Å². The van der Waals surface area contributed by atoms with Crippen molar-refractivity contribution in [3.63, 3.8) is 0 Å². The summed E-state index contributed by atoms with van der Waals surface area (Å²) < 4.78 is 4.37. The van der Waals surface area contributed by atoms with Crippen molar-refractivity contribution in [1.29, 1.82) is 0 Å². The van der Waals surface area contributed by atoms with Crippen LogP contribution in [0.5, 0.6) is 0 Å². The summed E-state index contributed by atoms with van der Waals surface area (Å²) in [5.74, 6) is 0. The van der Waals surface area contributed by atoms with E-state index in [0.29, 0.717) is 0 Å². The highest BCUT2D eigenvalue weighted by Crippen LogP contribution is 2.40. The molecule has 146 valence electrons. The Hall–Kier alpha value is -2.98. The molecule has 0 fully saturated rings. The first kappa shape index (κ1) is 17.7. The number of hydrogen-bond donors (Lipinski definition) is 0. The molecule has 0 N–H and O–H groups in total. The van der Waals surface area contributed by atoms with E-state index in [1.807, 2.05) is 34.0 Å². The van der Waals surface area contributed by atoms with E-state index in [4.69, 9.17) is 0 Å². The minimum atomic E-state index is 1.33. The van der Waals surface area contributed by atoms with E-state index in [9.17, 15) is 0 Å². The Kier molecular flexibility index (Phi) is 3.85. The molecule has 0 radical (unpaired) electrons. The minimum absolute atomic E-state index is 1.33. The maximum atomic E-state index is 2.25. The molecule has 0 bridgehead atoms. The van der Waals surface area contributed by atoms with Crippen LogP contribution in [0.1, 0.15) is 0 Å². The van der Waals surface area contributed by atoms with E-state index in [2.05, 4.69) is 95.7 Å². The Morgan fingerprint density at radius 3 is 1.52 bits per heavy atom. The molecule has 0 spiro atoms. The zero-order valence-corrected chi connectivity index (χ0v) is 18.9. The Balaban J connectivity index is 0.000000131. The van der Waals surface area contributed by atoms with Gasteiger partial charge in [-0.05, 0) is 66.0 Å². The smallest absolute Gasteiger partial charge is 0.0885 e. The molecule has 31 heavy (non-hydrogen) atoms. The van der Waals surface area contributed by atoms with Gasteiger partial charge < -0.3 is 0 Å². The third kappa shape index (κ3) is 2.58. The van der Waals surface area contributed by atoms with Crippen molar-refractivity contribution < 1.29 is 0 Å². The SMILES string of the molecule is c1cc2c(s1)sc1ccsc12.c1cc2cccc3c4cccc5cccc(c(c1)c23)c54. The summed E-state index contributed by atoms with van der Waals surface area (Å²) in [6.45, 7) is 0. The molecule has 0 nitrogen and oxygen atoms in total. The highest BCUT2D eigenvalue weighted by Gasteiger charge is 2.11. The predicted octanol–water partition coefficient (Wildman–Crippen LogP) is 9.91. The van der Waals surface area contributed by atoms with E-state index in [1.165, 1.54) is 61.9 Å². The molecule has 0 aliphatic heterocycles. The maximum absolute atomic E-state index is 2.25. The Morgan fingerprint density at radius 2 is 0.968 bits per heavy atom. The molecule has 3 heterocycles. The number of rotatable bonds is 0.